The summed E-state index contributed by atoms with van der Waals surface area (Å²) in [5, 5.41) is 13.9. The van der Waals surface area contributed by atoms with Gasteiger partial charge in [0.15, 0.2) is 0 Å². The minimum absolute atomic E-state index is 0.0134. The number of nitrogens with zero attached hydrogens (tertiary/aromatic N) is 1. The first-order valence-electron chi connectivity index (χ1n) is 31.9. The van der Waals surface area contributed by atoms with E-state index < -0.39 is 26.6 Å². The van der Waals surface area contributed by atoms with Crippen molar-refractivity contribution in [1.29, 1.82) is 0 Å². The lowest BCUT2D eigenvalue weighted by molar-refractivity contribution is -0.870. The Morgan fingerprint density at radius 1 is 0.474 bits per heavy atom. The van der Waals surface area contributed by atoms with Gasteiger partial charge in [-0.15, -0.1) is 0 Å². The normalized spacial score (nSPS) is 14.4. The number of aliphatic hydroxyl groups is 1. The molecule has 3 atom stereocenters. The largest absolute Gasteiger partial charge is 0.756 e. The number of hydrogen-bond acceptors (Lipinski definition) is 6. The summed E-state index contributed by atoms with van der Waals surface area (Å²) in [6.07, 6.45) is 81.2. The Bertz CT molecular complexity index is 1510. The maximum absolute atomic E-state index is 13.0. The van der Waals surface area contributed by atoms with Crippen molar-refractivity contribution in [2.75, 3.05) is 40.9 Å². The summed E-state index contributed by atoms with van der Waals surface area (Å²) in [6.45, 7) is 4.53. The number of aliphatic hydroxyl groups excluding tert-OH is 1. The molecule has 0 aromatic rings. The van der Waals surface area contributed by atoms with Crippen LogP contribution in [0.25, 0.3) is 0 Å². The van der Waals surface area contributed by atoms with E-state index in [1.165, 1.54) is 186 Å². The molecule has 76 heavy (non-hydrogen) atoms. The zero-order chi connectivity index (χ0) is 55.6. The van der Waals surface area contributed by atoms with Crippen molar-refractivity contribution in [3.05, 3.63) is 85.1 Å². The molecule has 0 fully saturated rings. The number of rotatable bonds is 58. The third-order valence-corrected chi connectivity index (χ3v) is 15.0. The minimum atomic E-state index is -4.62. The van der Waals surface area contributed by atoms with E-state index in [4.69, 9.17) is 9.05 Å². The van der Waals surface area contributed by atoms with Crippen molar-refractivity contribution in [3.63, 3.8) is 0 Å². The van der Waals surface area contributed by atoms with Crippen molar-refractivity contribution in [2.24, 2.45) is 0 Å². The quantitative estimate of drug-likeness (QED) is 0.0272. The molecule has 442 valence electrons. The first-order chi connectivity index (χ1) is 37.0. The molecule has 0 aliphatic rings. The smallest absolute Gasteiger partial charge is 0.268 e. The van der Waals surface area contributed by atoms with E-state index >= 15 is 0 Å². The van der Waals surface area contributed by atoms with E-state index in [-0.39, 0.29) is 12.5 Å². The topological polar surface area (TPSA) is 108 Å². The monoisotopic (exact) mass is 1080 g/mol. The molecule has 0 aromatic heterocycles. The number of allylic oxidation sites excluding steroid dienone is 13. The average molecular weight is 1080 g/mol. The Morgan fingerprint density at radius 3 is 1.22 bits per heavy atom. The SMILES string of the molecule is CC/C=C\C/C=C\C/C=C\C/C=C\CCCCCCCCCCCCC(=O)NC(COP(=O)([O-])OCC[N+](C)(C)C)C(O)/C=C/CC/C=C/CC/C=C/CCCCCCCCCCCCCCCCCCCCCCC. The summed E-state index contributed by atoms with van der Waals surface area (Å²) >= 11 is 0. The number of quaternary nitrogens is 1. The van der Waals surface area contributed by atoms with Crippen LogP contribution in [0.3, 0.4) is 0 Å². The van der Waals surface area contributed by atoms with E-state index in [0.717, 1.165) is 77.0 Å². The van der Waals surface area contributed by atoms with Crippen LogP contribution < -0.4 is 10.2 Å². The summed E-state index contributed by atoms with van der Waals surface area (Å²) in [4.78, 5) is 25.6. The molecule has 8 nitrogen and oxygen atoms in total. The number of amides is 1. The molecule has 0 bridgehead atoms. The Morgan fingerprint density at radius 2 is 0.816 bits per heavy atom. The van der Waals surface area contributed by atoms with Crippen molar-refractivity contribution in [3.8, 4) is 0 Å². The molecule has 0 saturated carbocycles. The lowest BCUT2D eigenvalue weighted by Gasteiger charge is -2.29. The van der Waals surface area contributed by atoms with Crippen molar-refractivity contribution >= 4 is 13.7 Å². The van der Waals surface area contributed by atoms with Crippen LogP contribution >= 0.6 is 7.82 Å². The summed E-state index contributed by atoms with van der Waals surface area (Å²) < 4.78 is 23.4. The highest BCUT2D eigenvalue weighted by molar-refractivity contribution is 7.45. The predicted molar refractivity (Wildman–Crippen MR) is 330 cm³/mol. The number of phosphoric ester groups is 1. The van der Waals surface area contributed by atoms with Crippen LogP contribution in [0.5, 0.6) is 0 Å². The Kier molecular flexibility index (Phi) is 55.6. The van der Waals surface area contributed by atoms with E-state index in [2.05, 4.69) is 92.1 Å². The molecule has 1 amide bonds. The second-order valence-corrected chi connectivity index (χ2v) is 24.1. The van der Waals surface area contributed by atoms with Gasteiger partial charge in [-0.1, -0.05) is 279 Å². The maximum atomic E-state index is 13.0. The second-order valence-electron chi connectivity index (χ2n) is 22.7. The molecule has 0 rings (SSSR count). The van der Waals surface area contributed by atoms with E-state index in [0.29, 0.717) is 17.4 Å². The third-order valence-electron chi connectivity index (χ3n) is 14.1. The standard InChI is InChI=1S/C67H123N2O6P/c1-6-8-10-12-14-16-18-20-22-24-26-28-30-31-32-33-34-35-36-37-39-40-42-44-46-48-50-52-54-56-58-60-66(70)65(64-75-76(72,73)74-63-62-69(3,4)5)68-67(71)61-59-57-55-53-51-49-47-45-43-41-38-29-27-25-23-21-19-17-15-13-11-9-7-2/h9,11,15,17,21,23,27,29,42,44,50,52,58,60,65-66,70H,6-8,10,12-14,16,18-20,22,24-26,28,30-41,43,45-49,51,53-57,59,61-64H2,1-5H3,(H-,68,71,72,73)/b11-9-,17-15-,23-21-,29-27-,44-42+,52-50+,60-58+. The highest BCUT2D eigenvalue weighted by Crippen LogP contribution is 2.38. The molecule has 3 unspecified atom stereocenters. The van der Waals surface area contributed by atoms with Gasteiger partial charge in [-0.05, 0) is 83.5 Å². The zero-order valence-corrected chi connectivity index (χ0v) is 51.3. The number of phosphoric acid groups is 1. The maximum Gasteiger partial charge on any atom is 0.268 e. The van der Waals surface area contributed by atoms with E-state index in [1.54, 1.807) is 6.08 Å². The van der Waals surface area contributed by atoms with Crippen molar-refractivity contribution < 1.29 is 32.9 Å². The van der Waals surface area contributed by atoms with Crippen molar-refractivity contribution in [2.45, 2.75) is 296 Å². The van der Waals surface area contributed by atoms with Crippen LogP contribution in [-0.4, -0.2) is 68.5 Å². The summed E-state index contributed by atoms with van der Waals surface area (Å²) in [5.41, 5.74) is 0. The highest BCUT2D eigenvalue weighted by Gasteiger charge is 2.23. The second kappa shape index (κ2) is 57.4. The molecule has 0 aliphatic heterocycles. The molecule has 0 heterocycles. The van der Waals surface area contributed by atoms with E-state index in [9.17, 15) is 19.4 Å². The van der Waals surface area contributed by atoms with Gasteiger partial charge in [-0.3, -0.25) is 9.36 Å². The minimum Gasteiger partial charge on any atom is -0.756 e. The number of unbranched alkanes of at least 4 members (excludes halogenated alkanes) is 33. The molecule has 0 spiro atoms. The number of carbonyl (C=O) groups excluding carboxylic acids is 1. The number of likely N-dealkylation sites (N-methyl/N-ethyl adjacent to an activating group) is 1. The highest BCUT2D eigenvalue weighted by atomic mass is 31.2. The molecule has 0 radical (unpaired) electrons. The fraction of sp³-hybridized carbons (Fsp3) is 0.776. The zero-order valence-electron chi connectivity index (χ0n) is 50.4. The summed E-state index contributed by atoms with van der Waals surface area (Å²) in [6, 6.07) is -0.919. The van der Waals surface area contributed by atoms with Gasteiger partial charge >= 0.3 is 0 Å². The fourth-order valence-electron chi connectivity index (χ4n) is 9.12. The Hall–Kier alpha value is -2.32. The van der Waals surface area contributed by atoms with Gasteiger partial charge in [-0.2, -0.15) is 0 Å². The van der Waals surface area contributed by atoms with Crippen molar-refractivity contribution in [1.82, 2.24) is 5.32 Å². The van der Waals surface area contributed by atoms with Gasteiger partial charge in [-0.25, -0.2) is 0 Å². The van der Waals surface area contributed by atoms with Gasteiger partial charge in [0.25, 0.3) is 7.82 Å². The number of carbonyl (C=O) groups is 1. The number of nitrogens with one attached hydrogen (secondary N) is 1. The summed E-state index contributed by atoms with van der Waals surface area (Å²) in [7, 11) is 1.23. The molecule has 0 aliphatic carbocycles. The molecular weight excluding hydrogens is 960 g/mol. The van der Waals surface area contributed by atoms with Crippen LogP contribution in [0.2, 0.25) is 0 Å². The molecule has 9 heteroatoms. The first kappa shape index (κ1) is 73.7. The van der Waals surface area contributed by atoms with Crippen LogP contribution in [0.1, 0.15) is 284 Å². The van der Waals surface area contributed by atoms with Gasteiger partial charge in [0.05, 0.1) is 39.9 Å². The third kappa shape index (κ3) is 59.3. The molecule has 2 N–H and O–H groups in total. The van der Waals surface area contributed by atoms with Crippen LogP contribution in [0, 0.1) is 0 Å². The number of hydrogen-bond donors (Lipinski definition) is 2. The van der Waals surface area contributed by atoms with Crippen LogP contribution in [0.15, 0.2) is 85.1 Å². The average Bonchev–Trinajstić information content (AvgIpc) is 3.38. The molecule has 0 aromatic carbocycles. The predicted octanol–water partition coefficient (Wildman–Crippen LogP) is 19.4. The van der Waals surface area contributed by atoms with E-state index in [1.807, 2.05) is 27.2 Å². The van der Waals surface area contributed by atoms with Gasteiger partial charge in [0.2, 0.25) is 5.91 Å². The first-order valence-corrected chi connectivity index (χ1v) is 33.4. The Balaban J connectivity index is 4.21. The fourth-order valence-corrected chi connectivity index (χ4v) is 9.84. The van der Waals surface area contributed by atoms with Crippen LogP contribution in [-0.2, 0) is 18.4 Å². The molecule has 0 saturated heterocycles. The lowest BCUT2D eigenvalue weighted by Crippen LogP contribution is -2.45. The van der Waals surface area contributed by atoms with Gasteiger partial charge in [0, 0.05) is 6.42 Å². The Labute approximate surface area is 471 Å². The lowest BCUT2D eigenvalue weighted by atomic mass is 10.0. The van der Waals surface area contributed by atoms with Gasteiger partial charge < -0.3 is 28.8 Å². The molecular formula is C67H123N2O6P. The summed E-state index contributed by atoms with van der Waals surface area (Å²) in [5.74, 6) is -0.217. The van der Waals surface area contributed by atoms with Gasteiger partial charge in [0.1, 0.15) is 13.2 Å². The van der Waals surface area contributed by atoms with Crippen LogP contribution in [0.4, 0.5) is 0 Å².